The maximum absolute atomic E-state index is 12.5. The van der Waals surface area contributed by atoms with Gasteiger partial charge < -0.3 is 29.0 Å². The molecule has 0 amide bonds. The Morgan fingerprint density at radius 2 is 1.05 bits per heavy atom. The molecule has 1 atom stereocenters. The summed E-state index contributed by atoms with van der Waals surface area (Å²) in [6.07, 6.45) is 39.7. The molecule has 0 aliphatic heterocycles. The number of aliphatic hydroxyl groups excluding tert-OH is 1. The highest BCUT2D eigenvalue weighted by molar-refractivity contribution is 5.69. The van der Waals surface area contributed by atoms with E-state index in [0.29, 0.717) is 39.1 Å². The first-order chi connectivity index (χ1) is 28.0. The number of allylic oxidation sites excluding steroid dienone is 4. The molecule has 8 nitrogen and oxygen atoms in total. The molecule has 0 aliphatic rings. The SMILES string of the molecule is CC/C=C\CCCCOC(CCC(=O)OCCCCCCCN(CCCO)CCCCCCCC(=O)OC(CC)CCCCCCCC)OCCCC/C=C\CC. The summed E-state index contributed by atoms with van der Waals surface area (Å²) >= 11 is 0. The van der Waals surface area contributed by atoms with Crippen molar-refractivity contribution in [2.24, 2.45) is 0 Å². The number of ether oxygens (including phenoxy) is 4. The fourth-order valence-electron chi connectivity index (χ4n) is 6.91. The molecule has 0 radical (unpaired) electrons. The first-order valence-corrected chi connectivity index (χ1v) is 24.2. The molecule has 1 unspecified atom stereocenters. The van der Waals surface area contributed by atoms with Gasteiger partial charge in [0.15, 0.2) is 6.29 Å². The average molecular weight is 808 g/mol. The van der Waals surface area contributed by atoms with Gasteiger partial charge in [-0.1, -0.05) is 123 Å². The normalized spacial score (nSPS) is 12.5. The number of carbonyl (C=O) groups excluding carboxylic acids is 2. The third kappa shape index (κ3) is 40.8. The molecule has 0 aliphatic carbocycles. The van der Waals surface area contributed by atoms with Crippen molar-refractivity contribution in [2.75, 3.05) is 46.1 Å². The molecule has 1 N–H and O–H groups in total. The van der Waals surface area contributed by atoms with E-state index in [4.69, 9.17) is 18.9 Å². The Balaban J connectivity index is 4.11. The summed E-state index contributed by atoms with van der Waals surface area (Å²) in [6, 6.07) is 0. The molecule has 0 aromatic rings. The second-order valence-corrected chi connectivity index (χ2v) is 16.0. The van der Waals surface area contributed by atoms with E-state index < -0.39 is 0 Å². The third-order valence-electron chi connectivity index (χ3n) is 10.5. The molecule has 0 aromatic carbocycles. The number of esters is 2. The van der Waals surface area contributed by atoms with E-state index in [1.54, 1.807) is 0 Å². The van der Waals surface area contributed by atoms with Crippen LogP contribution in [-0.2, 0) is 28.5 Å². The molecule has 0 saturated heterocycles. The Hall–Kier alpha value is -1.74. The predicted octanol–water partition coefficient (Wildman–Crippen LogP) is 13.0. The van der Waals surface area contributed by atoms with E-state index in [1.165, 1.54) is 38.5 Å². The van der Waals surface area contributed by atoms with Crippen molar-refractivity contribution < 1.29 is 33.6 Å². The van der Waals surface area contributed by atoms with E-state index in [0.717, 1.165) is 154 Å². The minimum Gasteiger partial charge on any atom is -0.466 e. The first kappa shape index (κ1) is 55.3. The standard InChI is InChI=1S/C49H93NO7/c1-5-9-12-15-20-27-35-46(8-4)57-48(53)36-28-21-18-22-29-39-50(41-34-42-51)40-30-23-19-26-31-43-54-47(52)37-38-49(55-44-32-24-16-13-10-6-2)56-45-33-25-17-14-11-7-3/h10-11,13-14,46,49,51H,5-9,12,15-45H2,1-4H3/b13-10-,14-11-. The van der Waals surface area contributed by atoms with Gasteiger partial charge in [-0.05, 0) is 116 Å². The number of hydrogen-bond acceptors (Lipinski definition) is 8. The fraction of sp³-hybridized carbons (Fsp3) is 0.878. The van der Waals surface area contributed by atoms with Crippen LogP contribution in [0, 0.1) is 0 Å². The van der Waals surface area contributed by atoms with Crippen molar-refractivity contribution in [3.8, 4) is 0 Å². The lowest BCUT2D eigenvalue weighted by atomic mass is 10.1. The predicted molar refractivity (Wildman–Crippen MR) is 240 cm³/mol. The van der Waals surface area contributed by atoms with Crippen molar-refractivity contribution in [3.05, 3.63) is 24.3 Å². The van der Waals surface area contributed by atoms with Gasteiger partial charge in [0.2, 0.25) is 0 Å². The van der Waals surface area contributed by atoms with Gasteiger partial charge in [0.1, 0.15) is 6.10 Å². The number of carbonyl (C=O) groups is 2. The van der Waals surface area contributed by atoms with Crippen molar-refractivity contribution in [3.63, 3.8) is 0 Å². The number of unbranched alkanes of at least 4 members (excludes halogenated alkanes) is 17. The van der Waals surface area contributed by atoms with Crippen LogP contribution in [0.4, 0.5) is 0 Å². The van der Waals surface area contributed by atoms with E-state index in [2.05, 4.69) is 56.9 Å². The van der Waals surface area contributed by atoms with Crippen molar-refractivity contribution in [2.45, 2.75) is 233 Å². The number of aliphatic hydroxyl groups is 1. The quantitative estimate of drug-likeness (QED) is 0.0281. The van der Waals surface area contributed by atoms with E-state index in [1.807, 2.05) is 0 Å². The Morgan fingerprint density at radius 3 is 1.63 bits per heavy atom. The summed E-state index contributed by atoms with van der Waals surface area (Å²) in [4.78, 5) is 27.4. The summed E-state index contributed by atoms with van der Waals surface area (Å²) in [5, 5.41) is 9.41. The minimum atomic E-state index is -0.354. The smallest absolute Gasteiger partial charge is 0.306 e. The van der Waals surface area contributed by atoms with Gasteiger partial charge in [0.25, 0.3) is 0 Å². The van der Waals surface area contributed by atoms with Gasteiger partial charge in [-0.15, -0.1) is 0 Å². The first-order valence-electron chi connectivity index (χ1n) is 24.2. The molecule has 8 heteroatoms. The zero-order valence-corrected chi connectivity index (χ0v) is 38.0. The highest BCUT2D eigenvalue weighted by atomic mass is 16.7. The maximum atomic E-state index is 12.5. The van der Waals surface area contributed by atoms with Crippen LogP contribution in [-0.4, -0.2) is 80.4 Å². The largest absolute Gasteiger partial charge is 0.466 e. The molecule has 0 aromatic heterocycles. The van der Waals surface area contributed by atoms with Crippen LogP contribution in [0.15, 0.2) is 24.3 Å². The molecule has 0 bridgehead atoms. The van der Waals surface area contributed by atoms with E-state index in [-0.39, 0.29) is 30.9 Å². The summed E-state index contributed by atoms with van der Waals surface area (Å²) in [6.45, 7) is 13.8. The van der Waals surface area contributed by atoms with Crippen molar-refractivity contribution in [1.29, 1.82) is 0 Å². The highest BCUT2D eigenvalue weighted by Crippen LogP contribution is 2.16. The Labute approximate surface area is 352 Å². The summed E-state index contributed by atoms with van der Waals surface area (Å²) < 4.78 is 23.4. The Morgan fingerprint density at radius 1 is 0.526 bits per heavy atom. The lowest BCUT2D eigenvalue weighted by molar-refractivity contribution is -0.159. The van der Waals surface area contributed by atoms with Gasteiger partial charge in [-0.3, -0.25) is 9.59 Å². The lowest BCUT2D eigenvalue weighted by Crippen LogP contribution is -2.27. The van der Waals surface area contributed by atoms with Gasteiger partial charge in [0.05, 0.1) is 13.0 Å². The van der Waals surface area contributed by atoms with Crippen LogP contribution in [0.2, 0.25) is 0 Å². The fourth-order valence-corrected chi connectivity index (χ4v) is 6.91. The highest BCUT2D eigenvalue weighted by Gasteiger charge is 2.14. The number of nitrogens with zero attached hydrogens (tertiary/aromatic N) is 1. The molecule has 0 spiro atoms. The number of rotatable bonds is 45. The average Bonchev–Trinajstić information content (AvgIpc) is 3.21. The van der Waals surface area contributed by atoms with Crippen LogP contribution in [0.1, 0.15) is 220 Å². The molecule has 0 heterocycles. The molecule has 57 heavy (non-hydrogen) atoms. The summed E-state index contributed by atoms with van der Waals surface area (Å²) in [7, 11) is 0. The third-order valence-corrected chi connectivity index (χ3v) is 10.5. The molecule has 0 fully saturated rings. The van der Waals surface area contributed by atoms with Gasteiger partial charge in [-0.2, -0.15) is 0 Å². The zero-order valence-electron chi connectivity index (χ0n) is 38.0. The summed E-state index contributed by atoms with van der Waals surface area (Å²) in [5.74, 6) is -0.183. The molecule has 0 saturated carbocycles. The molecular formula is C49H93NO7. The molecule has 0 rings (SSSR count). The Kier molecular flexibility index (Phi) is 44.0. The van der Waals surface area contributed by atoms with Crippen LogP contribution < -0.4 is 0 Å². The van der Waals surface area contributed by atoms with Crippen LogP contribution in [0.5, 0.6) is 0 Å². The Bertz CT molecular complexity index is 886. The van der Waals surface area contributed by atoms with Crippen molar-refractivity contribution in [1.82, 2.24) is 4.90 Å². The summed E-state index contributed by atoms with van der Waals surface area (Å²) in [5.41, 5.74) is 0. The molecule has 336 valence electrons. The maximum Gasteiger partial charge on any atom is 0.306 e. The van der Waals surface area contributed by atoms with Crippen LogP contribution >= 0.6 is 0 Å². The van der Waals surface area contributed by atoms with Crippen LogP contribution in [0.3, 0.4) is 0 Å². The minimum absolute atomic E-state index is 0.0193. The van der Waals surface area contributed by atoms with Gasteiger partial charge in [0, 0.05) is 39.2 Å². The van der Waals surface area contributed by atoms with Gasteiger partial charge >= 0.3 is 11.9 Å². The van der Waals surface area contributed by atoms with E-state index >= 15 is 0 Å². The van der Waals surface area contributed by atoms with Crippen molar-refractivity contribution >= 4 is 11.9 Å². The van der Waals surface area contributed by atoms with Crippen LogP contribution in [0.25, 0.3) is 0 Å². The number of hydrogen-bond donors (Lipinski definition) is 1. The monoisotopic (exact) mass is 808 g/mol. The lowest BCUT2D eigenvalue weighted by Gasteiger charge is -2.22. The molecular weight excluding hydrogens is 715 g/mol. The van der Waals surface area contributed by atoms with E-state index in [9.17, 15) is 14.7 Å². The zero-order chi connectivity index (χ0) is 41.7. The second-order valence-electron chi connectivity index (χ2n) is 16.0. The second kappa shape index (κ2) is 45.3. The topological polar surface area (TPSA) is 94.5 Å². The van der Waals surface area contributed by atoms with Gasteiger partial charge in [-0.25, -0.2) is 0 Å².